The number of hydrogen-bond acceptors (Lipinski definition) is 2. The number of allylic oxidation sites excluding steroid dienone is 3. The third-order valence-corrected chi connectivity index (χ3v) is 4.67. The van der Waals surface area contributed by atoms with Crippen LogP contribution in [0.15, 0.2) is 47.6 Å². The predicted octanol–water partition coefficient (Wildman–Crippen LogP) is 4.52. The van der Waals surface area contributed by atoms with Gasteiger partial charge in [-0.25, -0.2) is 4.79 Å². The van der Waals surface area contributed by atoms with E-state index in [2.05, 4.69) is 18.2 Å². The zero-order valence-corrected chi connectivity index (χ0v) is 12.6. The molecule has 1 saturated carbocycles. The maximum absolute atomic E-state index is 12.1. The van der Waals surface area contributed by atoms with Crippen LogP contribution in [0.2, 0.25) is 0 Å². The lowest BCUT2D eigenvalue weighted by Gasteiger charge is -2.23. The van der Waals surface area contributed by atoms with Crippen LogP contribution in [-0.2, 0) is 9.53 Å². The highest BCUT2D eigenvalue weighted by Gasteiger charge is 2.28. The minimum atomic E-state index is -0.155. The molecule has 2 nitrogen and oxygen atoms in total. The van der Waals surface area contributed by atoms with Gasteiger partial charge in [0, 0.05) is 12.0 Å². The molecule has 0 heterocycles. The van der Waals surface area contributed by atoms with Crippen molar-refractivity contribution in [1.29, 1.82) is 0 Å². The molecule has 2 aliphatic rings. The quantitative estimate of drug-likeness (QED) is 0.762. The van der Waals surface area contributed by atoms with Crippen molar-refractivity contribution in [2.45, 2.75) is 38.5 Å². The summed E-state index contributed by atoms with van der Waals surface area (Å²) in [5.41, 5.74) is 4.57. The highest BCUT2D eigenvalue weighted by atomic mass is 16.5. The molecule has 0 spiro atoms. The van der Waals surface area contributed by atoms with Gasteiger partial charge < -0.3 is 4.74 Å². The van der Waals surface area contributed by atoms with Gasteiger partial charge in [0.05, 0.1) is 7.11 Å². The van der Waals surface area contributed by atoms with Gasteiger partial charge >= 0.3 is 5.97 Å². The van der Waals surface area contributed by atoms with E-state index in [0.717, 1.165) is 5.57 Å². The van der Waals surface area contributed by atoms with Crippen molar-refractivity contribution in [3.05, 3.63) is 53.1 Å². The maximum Gasteiger partial charge on any atom is 0.334 e. The van der Waals surface area contributed by atoms with E-state index in [0.29, 0.717) is 12.3 Å². The number of hydrogen-bond donors (Lipinski definition) is 0. The van der Waals surface area contributed by atoms with Gasteiger partial charge in [0.15, 0.2) is 0 Å². The number of ether oxygens (including phenoxy) is 1. The molecule has 1 aromatic rings. The Labute approximate surface area is 126 Å². The number of esters is 1. The van der Waals surface area contributed by atoms with Gasteiger partial charge in [-0.3, -0.25) is 0 Å². The fourth-order valence-electron chi connectivity index (χ4n) is 3.55. The van der Waals surface area contributed by atoms with E-state index in [9.17, 15) is 4.79 Å². The summed E-state index contributed by atoms with van der Waals surface area (Å²) >= 11 is 0. The summed E-state index contributed by atoms with van der Waals surface area (Å²) in [4.78, 5) is 12.1. The fourth-order valence-corrected chi connectivity index (χ4v) is 3.55. The Bertz CT molecular complexity index is 575. The topological polar surface area (TPSA) is 26.3 Å². The van der Waals surface area contributed by atoms with Crippen LogP contribution in [0, 0.1) is 5.92 Å². The molecule has 0 N–H and O–H groups in total. The minimum absolute atomic E-state index is 0.155. The summed E-state index contributed by atoms with van der Waals surface area (Å²) < 4.78 is 5.01. The van der Waals surface area contributed by atoms with Crippen molar-refractivity contribution in [2.75, 3.05) is 7.11 Å². The first-order valence-corrected chi connectivity index (χ1v) is 7.87. The lowest BCUT2D eigenvalue weighted by Crippen LogP contribution is -2.13. The van der Waals surface area contributed by atoms with E-state index >= 15 is 0 Å². The molecule has 0 bridgehead atoms. The van der Waals surface area contributed by atoms with Gasteiger partial charge in [-0.15, -0.1) is 0 Å². The van der Waals surface area contributed by atoms with Crippen LogP contribution >= 0.6 is 0 Å². The van der Waals surface area contributed by atoms with Crippen LogP contribution in [-0.4, -0.2) is 13.1 Å². The number of carbonyl (C=O) groups is 1. The van der Waals surface area contributed by atoms with Crippen molar-refractivity contribution >= 4 is 11.5 Å². The smallest absolute Gasteiger partial charge is 0.334 e. The maximum atomic E-state index is 12.1. The van der Waals surface area contributed by atoms with Crippen LogP contribution in [0.5, 0.6) is 0 Å². The Kier molecular flexibility index (Phi) is 4.23. The van der Waals surface area contributed by atoms with Crippen LogP contribution in [0.25, 0.3) is 5.57 Å². The summed E-state index contributed by atoms with van der Waals surface area (Å²) in [6, 6.07) is 10.4. The van der Waals surface area contributed by atoms with Crippen molar-refractivity contribution in [3.63, 3.8) is 0 Å². The Hall–Kier alpha value is -1.83. The molecule has 1 aromatic carbocycles. The molecule has 110 valence electrons. The molecule has 0 saturated heterocycles. The Morgan fingerprint density at radius 3 is 2.48 bits per heavy atom. The van der Waals surface area contributed by atoms with E-state index in [1.165, 1.54) is 55.9 Å². The molecular weight excluding hydrogens is 260 g/mol. The first-order chi connectivity index (χ1) is 10.3. The average Bonchev–Trinajstić information content (AvgIpc) is 3.01. The summed E-state index contributed by atoms with van der Waals surface area (Å²) in [6.45, 7) is 0. The van der Waals surface area contributed by atoms with E-state index in [1.54, 1.807) is 0 Å². The molecule has 2 aliphatic carbocycles. The molecule has 0 atom stereocenters. The highest BCUT2D eigenvalue weighted by Crippen LogP contribution is 2.41. The monoisotopic (exact) mass is 282 g/mol. The number of benzene rings is 1. The zero-order chi connectivity index (χ0) is 14.7. The standard InChI is InChI=1S/C19H22O2/c1-21-19(20)18-13-16(14-8-4-2-5-9-14)12-17(18)15-10-6-3-7-11-15/h2,4-5,8-9,12,15H,3,6-7,10-11,13H2,1H3. The number of methoxy groups -OCH3 is 1. The highest BCUT2D eigenvalue weighted by molar-refractivity contribution is 5.96. The van der Waals surface area contributed by atoms with Gasteiger partial charge in [-0.05, 0) is 35.5 Å². The molecule has 0 radical (unpaired) electrons. The van der Waals surface area contributed by atoms with E-state index in [1.807, 2.05) is 18.2 Å². The second kappa shape index (κ2) is 6.30. The minimum Gasteiger partial charge on any atom is -0.466 e. The third kappa shape index (κ3) is 2.94. The molecule has 2 heteroatoms. The van der Waals surface area contributed by atoms with E-state index in [4.69, 9.17) is 4.74 Å². The van der Waals surface area contributed by atoms with Gasteiger partial charge in [0.2, 0.25) is 0 Å². The normalized spacial score (nSPS) is 19.6. The Balaban J connectivity index is 1.91. The summed E-state index contributed by atoms with van der Waals surface area (Å²) in [6.07, 6.45) is 9.24. The van der Waals surface area contributed by atoms with Crippen molar-refractivity contribution in [2.24, 2.45) is 5.92 Å². The molecule has 0 unspecified atom stereocenters. The van der Waals surface area contributed by atoms with Crippen LogP contribution in [0.4, 0.5) is 0 Å². The van der Waals surface area contributed by atoms with E-state index < -0.39 is 0 Å². The fraction of sp³-hybridized carbons (Fsp3) is 0.421. The molecule has 0 amide bonds. The van der Waals surface area contributed by atoms with Gasteiger partial charge in [-0.1, -0.05) is 55.7 Å². The van der Waals surface area contributed by atoms with Crippen LogP contribution in [0.3, 0.4) is 0 Å². The average molecular weight is 282 g/mol. The molecule has 1 fully saturated rings. The lowest BCUT2D eigenvalue weighted by molar-refractivity contribution is -0.136. The SMILES string of the molecule is COC(=O)C1=C(C2CCCCC2)C=C(c2ccccc2)C1. The molecule has 3 rings (SSSR count). The molecule has 21 heavy (non-hydrogen) atoms. The van der Waals surface area contributed by atoms with E-state index in [-0.39, 0.29) is 5.97 Å². The molecular formula is C19H22O2. The Morgan fingerprint density at radius 2 is 1.81 bits per heavy atom. The Morgan fingerprint density at radius 1 is 1.10 bits per heavy atom. The van der Waals surface area contributed by atoms with Crippen molar-refractivity contribution < 1.29 is 9.53 Å². The van der Waals surface area contributed by atoms with Crippen molar-refractivity contribution in [3.8, 4) is 0 Å². The molecule has 0 aromatic heterocycles. The predicted molar refractivity (Wildman–Crippen MR) is 84.7 cm³/mol. The summed E-state index contributed by atoms with van der Waals surface area (Å²) in [7, 11) is 1.48. The van der Waals surface area contributed by atoms with Gasteiger partial charge in [0.25, 0.3) is 0 Å². The summed E-state index contributed by atoms with van der Waals surface area (Å²) in [5.74, 6) is 0.381. The number of rotatable bonds is 3. The zero-order valence-electron chi connectivity index (χ0n) is 12.6. The van der Waals surface area contributed by atoms with Gasteiger partial charge in [-0.2, -0.15) is 0 Å². The summed E-state index contributed by atoms with van der Waals surface area (Å²) in [5, 5.41) is 0. The first-order valence-electron chi connectivity index (χ1n) is 7.87. The van der Waals surface area contributed by atoms with Crippen LogP contribution < -0.4 is 0 Å². The second-order valence-corrected chi connectivity index (χ2v) is 5.97. The van der Waals surface area contributed by atoms with Crippen LogP contribution in [0.1, 0.15) is 44.1 Å². The lowest BCUT2D eigenvalue weighted by atomic mass is 9.82. The third-order valence-electron chi connectivity index (χ3n) is 4.67. The van der Waals surface area contributed by atoms with Gasteiger partial charge in [0.1, 0.15) is 0 Å². The second-order valence-electron chi connectivity index (χ2n) is 5.97. The largest absolute Gasteiger partial charge is 0.466 e. The number of carbonyl (C=O) groups excluding carboxylic acids is 1. The first kappa shape index (κ1) is 14.1. The molecule has 0 aliphatic heterocycles. The van der Waals surface area contributed by atoms with Crippen molar-refractivity contribution in [1.82, 2.24) is 0 Å².